The molecule has 18 heavy (non-hydrogen) atoms. The Morgan fingerprint density at radius 1 is 0.889 bits per heavy atom. The molecule has 2 aliphatic carbocycles. The molecular formula is C14H26O3S. The molecule has 4 heteroatoms. The van der Waals surface area contributed by atoms with Gasteiger partial charge in [-0.05, 0) is 43.9 Å². The van der Waals surface area contributed by atoms with Gasteiger partial charge in [-0.15, -0.1) is 0 Å². The first-order chi connectivity index (χ1) is 8.53. The lowest BCUT2D eigenvalue weighted by molar-refractivity contribution is 0.125. The molecule has 2 aliphatic rings. The Hall–Kier alpha value is -0.0900. The van der Waals surface area contributed by atoms with E-state index < -0.39 is 10.1 Å². The Bertz CT molecular complexity index is 336. The second kappa shape index (κ2) is 6.38. The molecule has 0 N–H and O–H groups in total. The molecule has 3 nitrogen and oxygen atoms in total. The highest BCUT2D eigenvalue weighted by atomic mass is 32.2. The third-order valence-corrected chi connectivity index (χ3v) is 5.12. The summed E-state index contributed by atoms with van der Waals surface area (Å²) in [5.41, 5.74) is 0. The fourth-order valence-electron chi connectivity index (χ4n) is 3.61. The molecule has 0 aromatic rings. The maximum atomic E-state index is 11.1. The first kappa shape index (κ1) is 14.3. The molecule has 0 aromatic carbocycles. The second-order valence-corrected chi connectivity index (χ2v) is 7.78. The summed E-state index contributed by atoms with van der Waals surface area (Å²) in [4.78, 5) is 0. The normalized spacial score (nSPS) is 31.4. The molecule has 0 aliphatic heterocycles. The molecule has 0 amide bonds. The lowest BCUT2D eigenvalue weighted by Gasteiger charge is -2.31. The van der Waals surface area contributed by atoms with Crippen molar-refractivity contribution in [2.45, 2.75) is 70.3 Å². The van der Waals surface area contributed by atoms with Crippen LogP contribution >= 0.6 is 0 Å². The van der Waals surface area contributed by atoms with Crippen LogP contribution in [0.2, 0.25) is 0 Å². The van der Waals surface area contributed by atoms with Crippen molar-refractivity contribution in [3.05, 3.63) is 0 Å². The van der Waals surface area contributed by atoms with Gasteiger partial charge < -0.3 is 0 Å². The first-order valence-corrected chi connectivity index (χ1v) is 9.23. The van der Waals surface area contributed by atoms with Crippen LogP contribution in [0.3, 0.4) is 0 Å². The quantitative estimate of drug-likeness (QED) is 0.737. The van der Waals surface area contributed by atoms with Crippen molar-refractivity contribution >= 4 is 10.1 Å². The van der Waals surface area contributed by atoms with Crippen LogP contribution in [-0.4, -0.2) is 20.8 Å². The van der Waals surface area contributed by atoms with Crippen molar-refractivity contribution in [1.29, 1.82) is 0 Å². The van der Waals surface area contributed by atoms with E-state index in [2.05, 4.69) is 0 Å². The minimum absolute atomic E-state index is 0.0531. The van der Waals surface area contributed by atoms with Crippen LogP contribution in [0, 0.1) is 11.8 Å². The van der Waals surface area contributed by atoms with Gasteiger partial charge in [-0.25, -0.2) is 0 Å². The lowest BCUT2D eigenvalue weighted by Crippen LogP contribution is -2.25. The Morgan fingerprint density at radius 2 is 1.44 bits per heavy atom. The largest absolute Gasteiger partial charge is 0.267 e. The summed E-state index contributed by atoms with van der Waals surface area (Å²) in [6.07, 6.45) is 13.7. The van der Waals surface area contributed by atoms with E-state index in [0.29, 0.717) is 0 Å². The van der Waals surface area contributed by atoms with E-state index in [0.717, 1.165) is 43.8 Å². The summed E-state index contributed by atoms with van der Waals surface area (Å²) in [7, 11) is -3.27. The van der Waals surface area contributed by atoms with Crippen molar-refractivity contribution < 1.29 is 12.6 Å². The summed E-state index contributed by atoms with van der Waals surface area (Å²) in [5.74, 6) is 1.75. The predicted octanol–water partition coefficient (Wildman–Crippen LogP) is 3.49. The maximum Gasteiger partial charge on any atom is 0.264 e. The van der Waals surface area contributed by atoms with E-state index in [1.807, 2.05) is 0 Å². The molecule has 2 rings (SSSR count). The Morgan fingerprint density at radius 3 is 2.00 bits per heavy atom. The summed E-state index contributed by atoms with van der Waals surface area (Å²) in [5, 5.41) is 0. The van der Waals surface area contributed by atoms with Gasteiger partial charge in [0.15, 0.2) is 0 Å². The van der Waals surface area contributed by atoms with Crippen LogP contribution in [-0.2, 0) is 14.3 Å². The zero-order valence-corrected chi connectivity index (χ0v) is 12.3. The molecular weight excluding hydrogens is 248 g/mol. The van der Waals surface area contributed by atoms with Gasteiger partial charge >= 0.3 is 0 Å². The molecule has 0 atom stereocenters. The molecule has 0 saturated heterocycles. The molecule has 2 fully saturated rings. The molecule has 0 radical (unpaired) electrons. The van der Waals surface area contributed by atoms with Crippen LogP contribution in [0.1, 0.15) is 64.2 Å². The Balaban J connectivity index is 1.69. The van der Waals surface area contributed by atoms with Gasteiger partial charge in [-0.1, -0.05) is 32.1 Å². The minimum atomic E-state index is -3.27. The van der Waals surface area contributed by atoms with Gasteiger partial charge in [0.25, 0.3) is 10.1 Å². The molecule has 0 bridgehead atoms. The van der Waals surface area contributed by atoms with Gasteiger partial charge in [0, 0.05) is 0 Å². The van der Waals surface area contributed by atoms with Gasteiger partial charge in [-0.2, -0.15) is 8.42 Å². The van der Waals surface area contributed by atoms with Gasteiger partial charge in [0.2, 0.25) is 0 Å². The SMILES string of the molecule is CS(=O)(=O)OC1CCC(CC2CCCCC2)CC1. The number of hydrogen-bond acceptors (Lipinski definition) is 3. The minimum Gasteiger partial charge on any atom is -0.267 e. The summed E-state index contributed by atoms with van der Waals surface area (Å²) < 4.78 is 27.2. The van der Waals surface area contributed by atoms with E-state index in [-0.39, 0.29) is 6.10 Å². The van der Waals surface area contributed by atoms with E-state index >= 15 is 0 Å². The van der Waals surface area contributed by atoms with E-state index in [9.17, 15) is 8.42 Å². The van der Waals surface area contributed by atoms with E-state index in [4.69, 9.17) is 4.18 Å². The van der Waals surface area contributed by atoms with Crippen molar-refractivity contribution in [3.8, 4) is 0 Å². The van der Waals surface area contributed by atoms with Gasteiger partial charge in [-0.3, -0.25) is 4.18 Å². The molecule has 2 saturated carbocycles. The third-order valence-electron chi connectivity index (χ3n) is 4.50. The van der Waals surface area contributed by atoms with E-state index in [1.54, 1.807) is 0 Å². The van der Waals surface area contributed by atoms with Crippen molar-refractivity contribution in [2.75, 3.05) is 6.26 Å². The summed E-state index contributed by atoms with van der Waals surface area (Å²) >= 11 is 0. The van der Waals surface area contributed by atoms with Gasteiger partial charge in [0.05, 0.1) is 12.4 Å². The van der Waals surface area contributed by atoms with Crippen LogP contribution < -0.4 is 0 Å². The molecule has 0 aromatic heterocycles. The standard InChI is InChI=1S/C14H26O3S/c1-18(15,16)17-14-9-7-13(8-10-14)11-12-5-3-2-4-6-12/h12-14H,2-11H2,1H3. The lowest BCUT2D eigenvalue weighted by atomic mass is 9.77. The first-order valence-electron chi connectivity index (χ1n) is 7.41. The average molecular weight is 274 g/mol. The second-order valence-electron chi connectivity index (χ2n) is 6.18. The van der Waals surface area contributed by atoms with Crippen molar-refractivity contribution in [1.82, 2.24) is 0 Å². The molecule has 0 heterocycles. The fourth-order valence-corrected chi connectivity index (χ4v) is 4.29. The zero-order chi connectivity index (χ0) is 13.0. The van der Waals surface area contributed by atoms with Crippen LogP contribution in [0.4, 0.5) is 0 Å². The summed E-state index contributed by atoms with van der Waals surface area (Å²) in [6.45, 7) is 0. The van der Waals surface area contributed by atoms with Crippen molar-refractivity contribution in [2.24, 2.45) is 11.8 Å². The van der Waals surface area contributed by atoms with Gasteiger partial charge in [0.1, 0.15) is 0 Å². The molecule has 0 unspecified atom stereocenters. The zero-order valence-electron chi connectivity index (χ0n) is 11.4. The van der Waals surface area contributed by atoms with Crippen LogP contribution in [0.5, 0.6) is 0 Å². The highest BCUT2D eigenvalue weighted by Crippen LogP contribution is 2.36. The average Bonchev–Trinajstić information content (AvgIpc) is 2.31. The predicted molar refractivity (Wildman–Crippen MR) is 72.9 cm³/mol. The molecule has 106 valence electrons. The van der Waals surface area contributed by atoms with Crippen LogP contribution in [0.15, 0.2) is 0 Å². The fraction of sp³-hybridized carbons (Fsp3) is 1.00. The third kappa shape index (κ3) is 4.88. The smallest absolute Gasteiger partial charge is 0.264 e. The Kier molecular flexibility index (Phi) is 5.07. The number of hydrogen-bond donors (Lipinski definition) is 0. The Labute approximate surface area is 111 Å². The number of rotatable bonds is 4. The van der Waals surface area contributed by atoms with E-state index in [1.165, 1.54) is 38.5 Å². The van der Waals surface area contributed by atoms with Crippen molar-refractivity contribution in [3.63, 3.8) is 0 Å². The van der Waals surface area contributed by atoms with Crippen LogP contribution in [0.25, 0.3) is 0 Å². The highest BCUT2D eigenvalue weighted by Gasteiger charge is 2.26. The monoisotopic (exact) mass is 274 g/mol. The highest BCUT2D eigenvalue weighted by molar-refractivity contribution is 7.86. The molecule has 0 spiro atoms. The topological polar surface area (TPSA) is 43.4 Å². The summed E-state index contributed by atoms with van der Waals surface area (Å²) in [6, 6.07) is 0. The maximum absolute atomic E-state index is 11.1.